The second-order valence-corrected chi connectivity index (χ2v) is 3.49. The topological polar surface area (TPSA) is 18.5 Å². The Labute approximate surface area is 81.2 Å². The van der Waals surface area contributed by atoms with Crippen molar-refractivity contribution >= 4 is 0 Å². The van der Waals surface area contributed by atoms with Crippen molar-refractivity contribution in [2.75, 3.05) is 13.2 Å². The molecule has 0 saturated heterocycles. The van der Waals surface area contributed by atoms with E-state index in [1.54, 1.807) is 12.5 Å². The molecule has 0 aromatic carbocycles. The molecule has 0 aliphatic carbocycles. The quantitative estimate of drug-likeness (QED) is 0.466. The first-order chi connectivity index (χ1) is 6.13. The Morgan fingerprint density at radius 2 is 1.23 bits per heavy atom. The van der Waals surface area contributed by atoms with Crippen molar-refractivity contribution in [2.24, 2.45) is 0 Å². The Hall–Kier alpha value is -0.920. The van der Waals surface area contributed by atoms with Gasteiger partial charge in [0.05, 0.1) is 25.7 Å². The minimum absolute atomic E-state index is 0.724. The predicted octanol–water partition coefficient (Wildman–Crippen LogP) is 3.26. The highest BCUT2D eigenvalue weighted by Gasteiger charge is 1.86. The highest BCUT2D eigenvalue weighted by molar-refractivity contribution is 4.86. The van der Waals surface area contributed by atoms with Gasteiger partial charge in [-0.2, -0.15) is 0 Å². The second kappa shape index (κ2) is 7.71. The lowest BCUT2D eigenvalue weighted by Crippen LogP contribution is -1.94. The Kier molecular flexibility index (Phi) is 7.17. The summed E-state index contributed by atoms with van der Waals surface area (Å²) in [7, 11) is 0. The van der Waals surface area contributed by atoms with Crippen LogP contribution in [-0.4, -0.2) is 13.2 Å². The minimum atomic E-state index is 0.724. The van der Waals surface area contributed by atoms with E-state index in [1.165, 1.54) is 11.1 Å². The van der Waals surface area contributed by atoms with Crippen LogP contribution in [0.1, 0.15) is 34.1 Å². The number of rotatable bonds is 6. The molecule has 0 aromatic rings. The zero-order valence-corrected chi connectivity index (χ0v) is 9.09. The SMILES string of the molecule is CC(C)=COCCCOC=C(C)C. The van der Waals surface area contributed by atoms with Crippen molar-refractivity contribution < 1.29 is 9.47 Å². The van der Waals surface area contributed by atoms with Crippen LogP contribution >= 0.6 is 0 Å². The molecule has 2 heteroatoms. The van der Waals surface area contributed by atoms with E-state index in [-0.39, 0.29) is 0 Å². The van der Waals surface area contributed by atoms with Crippen molar-refractivity contribution in [3.8, 4) is 0 Å². The first kappa shape index (κ1) is 12.1. The first-order valence-corrected chi connectivity index (χ1v) is 4.63. The maximum absolute atomic E-state index is 5.24. The Balaban J connectivity index is 3.18. The molecule has 0 radical (unpaired) electrons. The van der Waals surface area contributed by atoms with Gasteiger partial charge in [0.25, 0.3) is 0 Å². The van der Waals surface area contributed by atoms with Crippen molar-refractivity contribution in [1.82, 2.24) is 0 Å². The maximum Gasteiger partial charge on any atom is 0.0905 e. The Morgan fingerprint density at radius 1 is 0.846 bits per heavy atom. The lowest BCUT2D eigenvalue weighted by Gasteiger charge is -2.02. The maximum atomic E-state index is 5.24. The summed E-state index contributed by atoms with van der Waals surface area (Å²) in [6.45, 7) is 9.50. The van der Waals surface area contributed by atoms with E-state index in [0.29, 0.717) is 0 Å². The zero-order valence-electron chi connectivity index (χ0n) is 9.09. The fourth-order valence-electron chi connectivity index (χ4n) is 0.677. The molecule has 0 bridgehead atoms. The monoisotopic (exact) mass is 184 g/mol. The van der Waals surface area contributed by atoms with Gasteiger partial charge in [-0.3, -0.25) is 0 Å². The molecule has 0 heterocycles. The van der Waals surface area contributed by atoms with Crippen LogP contribution in [-0.2, 0) is 9.47 Å². The molecule has 0 aromatic heterocycles. The van der Waals surface area contributed by atoms with Crippen LogP contribution < -0.4 is 0 Å². The van der Waals surface area contributed by atoms with E-state index in [1.807, 2.05) is 27.7 Å². The van der Waals surface area contributed by atoms with E-state index in [9.17, 15) is 0 Å². The van der Waals surface area contributed by atoms with E-state index in [4.69, 9.17) is 9.47 Å². The summed E-state index contributed by atoms with van der Waals surface area (Å²) in [5.41, 5.74) is 2.37. The summed E-state index contributed by atoms with van der Waals surface area (Å²) in [6, 6.07) is 0. The molecule has 0 aliphatic heterocycles. The van der Waals surface area contributed by atoms with Crippen molar-refractivity contribution in [3.05, 3.63) is 23.7 Å². The minimum Gasteiger partial charge on any atom is -0.501 e. The van der Waals surface area contributed by atoms with Crippen LogP contribution in [0.15, 0.2) is 23.7 Å². The van der Waals surface area contributed by atoms with Gasteiger partial charge in [0.2, 0.25) is 0 Å². The molecular formula is C11H20O2. The highest BCUT2D eigenvalue weighted by Crippen LogP contribution is 1.94. The van der Waals surface area contributed by atoms with E-state index in [0.717, 1.165) is 19.6 Å². The summed E-state index contributed by atoms with van der Waals surface area (Å²) in [6.07, 6.45) is 4.48. The molecule has 0 saturated carbocycles. The molecule has 0 unspecified atom stereocenters. The van der Waals surface area contributed by atoms with Crippen molar-refractivity contribution in [2.45, 2.75) is 34.1 Å². The van der Waals surface area contributed by atoms with Gasteiger partial charge < -0.3 is 9.47 Å². The van der Waals surface area contributed by atoms with Crippen LogP contribution in [0.25, 0.3) is 0 Å². The van der Waals surface area contributed by atoms with Gasteiger partial charge in [-0.05, 0) is 38.8 Å². The van der Waals surface area contributed by atoms with Crippen LogP contribution in [0.4, 0.5) is 0 Å². The normalized spacial score (nSPS) is 8.92. The predicted molar refractivity (Wildman–Crippen MR) is 55.4 cm³/mol. The fraction of sp³-hybridized carbons (Fsp3) is 0.636. The summed E-state index contributed by atoms with van der Waals surface area (Å²) in [5, 5.41) is 0. The van der Waals surface area contributed by atoms with Gasteiger partial charge in [-0.15, -0.1) is 0 Å². The van der Waals surface area contributed by atoms with Gasteiger partial charge in [0.15, 0.2) is 0 Å². The Bertz CT molecular complexity index is 153. The summed E-state index contributed by atoms with van der Waals surface area (Å²) >= 11 is 0. The van der Waals surface area contributed by atoms with Crippen LogP contribution in [0.2, 0.25) is 0 Å². The standard InChI is InChI=1S/C11H20O2/c1-10(2)8-12-6-5-7-13-9-11(3)4/h8-9H,5-7H2,1-4H3. The average molecular weight is 184 g/mol. The lowest BCUT2D eigenvalue weighted by atomic mass is 10.4. The van der Waals surface area contributed by atoms with E-state index in [2.05, 4.69) is 0 Å². The largest absolute Gasteiger partial charge is 0.501 e. The number of hydrogen-bond donors (Lipinski definition) is 0. The summed E-state index contributed by atoms with van der Waals surface area (Å²) < 4.78 is 10.5. The van der Waals surface area contributed by atoms with Gasteiger partial charge in [-0.1, -0.05) is 0 Å². The second-order valence-electron chi connectivity index (χ2n) is 3.49. The number of ether oxygens (including phenoxy) is 2. The van der Waals surface area contributed by atoms with Gasteiger partial charge in [0, 0.05) is 6.42 Å². The number of hydrogen-bond acceptors (Lipinski definition) is 2. The van der Waals surface area contributed by atoms with Gasteiger partial charge >= 0.3 is 0 Å². The molecule has 13 heavy (non-hydrogen) atoms. The first-order valence-electron chi connectivity index (χ1n) is 4.63. The molecule has 0 aliphatic rings. The van der Waals surface area contributed by atoms with Gasteiger partial charge in [0.1, 0.15) is 0 Å². The molecule has 0 spiro atoms. The van der Waals surface area contributed by atoms with Gasteiger partial charge in [-0.25, -0.2) is 0 Å². The molecule has 0 rings (SSSR count). The molecule has 2 nitrogen and oxygen atoms in total. The third-order valence-electron chi connectivity index (χ3n) is 1.16. The smallest absolute Gasteiger partial charge is 0.0905 e. The molecule has 0 atom stereocenters. The van der Waals surface area contributed by atoms with E-state index < -0.39 is 0 Å². The van der Waals surface area contributed by atoms with Crippen molar-refractivity contribution in [1.29, 1.82) is 0 Å². The third-order valence-corrected chi connectivity index (χ3v) is 1.16. The molecule has 0 fully saturated rings. The summed E-state index contributed by atoms with van der Waals surface area (Å²) in [4.78, 5) is 0. The molecule has 0 N–H and O–H groups in total. The molecular weight excluding hydrogens is 164 g/mol. The lowest BCUT2D eigenvalue weighted by molar-refractivity contribution is 0.182. The van der Waals surface area contributed by atoms with Crippen LogP contribution in [0, 0.1) is 0 Å². The Morgan fingerprint density at radius 3 is 1.54 bits per heavy atom. The number of allylic oxidation sites excluding steroid dienone is 2. The average Bonchev–Trinajstić information content (AvgIpc) is 2.01. The third kappa shape index (κ3) is 11.1. The fourth-order valence-corrected chi connectivity index (χ4v) is 0.677. The zero-order chi connectivity index (χ0) is 10.1. The van der Waals surface area contributed by atoms with Crippen LogP contribution in [0.5, 0.6) is 0 Å². The van der Waals surface area contributed by atoms with E-state index >= 15 is 0 Å². The highest BCUT2D eigenvalue weighted by atomic mass is 16.5. The van der Waals surface area contributed by atoms with Crippen molar-refractivity contribution in [3.63, 3.8) is 0 Å². The molecule has 76 valence electrons. The van der Waals surface area contributed by atoms with Crippen LogP contribution in [0.3, 0.4) is 0 Å². The summed E-state index contributed by atoms with van der Waals surface area (Å²) in [5.74, 6) is 0. The molecule has 0 amide bonds.